The lowest BCUT2D eigenvalue weighted by molar-refractivity contribution is 0.0977. The Hall–Kier alpha value is -2.12. The molecule has 1 atom stereocenters. The number of hydrogen-bond donors (Lipinski definition) is 0. The van der Waals surface area contributed by atoms with Crippen LogP contribution in [0.1, 0.15) is 27.4 Å². The van der Waals surface area contributed by atoms with Crippen LogP contribution in [0.5, 0.6) is 5.75 Å². The Balaban J connectivity index is 2.51. The van der Waals surface area contributed by atoms with Crippen LogP contribution in [0.25, 0.3) is 0 Å². The van der Waals surface area contributed by atoms with Gasteiger partial charge in [-0.3, -0.25) is 4.79 Å². The minimum absolute atomic E-state index is 0.242. The Bertz CT molecular complexity index is 719. The summed E-state index contributed by atoms with van der Waals surface area (Å²) >= 11 is 3.36. The quantitative estimate of drug-likeness (QED) is 0.779. The molecule has 0 saturated carbocycles. The van der Waals surface area contributed by atoms with Crippen molar-refractivity contribution in [1.82, 2.24) is 0 Å². The minimum atomic E-state index is -0.890. The molecule has 3 nitrogen and oxygen atoms in total. The molecule has 0 heterocycles. The van der Waals surface area contributed by atoms with Gasteiger partial charge in [0.2, 0.25) is 0 Å². The molecule has 1 unspecified atom stereocenters. The van der Waals surface area contributed by atoms with Gasteiger partial charge in [-0.15, -0.1) is 0 Å². The SMILES string of the molecule is COc1ccc(C)cc1C(C#N)C(=O)c1ccccc1Br. The highest BCUT2D eigenvalue weighted by Crippen LogP contribution is 2.31. The number of Topliss-reactive ketones (excluding diaryl/α,β-unsaturated/α-hetero) is 1. The molecule has 0 fully saturated rings. The van der Waals surface area contributed by atoms with Crippen LogP contribution in [-0.2, 0) is 0 Å². The zero-order valence-electron chi connectivity index (χ0n) is 11.8. The number of aryl methyl sites for hydroxylation is 1. The molecule has 0 saturated heterocycles. The number of nitrogens with zero attached hydrogens (tertiary/aromatic N) is 1. The predicted octanol–water partition coefficient (Wildman–Crippen LogP) is 4.26. The fourth-order valence-corrected chi connectivity index (χ4v) is 2.65. The number of carbonyl (C=O) groups is 1. The van der Waals surface area contributed by atoms with Gasteiger partial charge in [-0.2, -0.15) is 5.26 Å². The van der Waals surface area contributed by atoms with E-state index in [1.807, 2.05) is 25.1 Å². The molecule has 0 aromatic heterocycles. The molecule has 106 valence electrons. The van der Waals surface area contributed by atoms with E-state index in [4.69, 9.17) is 4.74 Å². The molecule has 4 heteroatoms. The van der Waals surface area contributed by atoms with Crippen molar-refractivity contribution in [2.45, 2.75) is 12.8 Å². The molecule has 0 radical (unpaired) electrons. The summed E-state index contributed by atoms with van der Waals surface area (Å²) in [5.41, 5.74) is 2.07. The lowest BCUT2D eigenvalue weighted by atomic mass is 9.90. The number of methoxy groups -OCH3 is 1. The molecule has 0 aliphatic heterocycles. The van der Waals surface area contributed by atoms with Gasteiger partial charge in [0.1, 0.15) is 11.7 Å². The van der Waals surface area contributed by atoms with Crippen LogP contribution in [0, 0.1) is 18.3 Å². The highest BCUT2D eigenvalue weighted by atomic mass is 79.9. The van der Waals surface area contributed by atoms with Crippen LogP contribution in [0.2, 0.25) is 0 Å². The van der Waals surface area contributed by atoms with Crippen LogP contribution in [-0.4, -0.2) is 12.9 Å². The monoisotopic (exact) mass is 343 g/mol. The minimum Gasteiger partial charge on any atom is -0.496 e. The van der Waals surface area contributed by atoms with E-state index < -0.39 is 5.92 Å². The molecule has 2 rings (SSSR count). The maximum absolute atomic E-state index is 12.7. The molecule has 0 aliphatic rings. The van der Waals surface area contributed by atoms with E-state index in [1.165, 1.54) is 7.11 Å². The summed E-state index contributed by atoms with van der Waals surface area (Å²) < 4.78 is 5.97. The summed E-state index contributed by atoms with van der Waals surface area (Å²) in [7, 11) is 1.53. The number of carbonyl (C=O) groups excluding carboxylic acids is 1. The van der Waals surface area contributed by atoms with Gasteiger partial charge in [0.15, 0.2) is 5.78 Å². The number of nitriles is 1. The van der Waals surface area contributed by atoms with Gasteiger partial charge < -0.3 is 4.74 Å². The Morgan fingerprint density at radius 2 is 2.00 bits per heavy atom. The topological polar surface area (TPSA) is 50.1 Å². The van der Waals surface area contributed by atoms with Crippen molar-refractivity contribution in [3.8, 4) is 11.8 Å². The number of rotatable bonds is 4. The number of halogens is 1. The molecule has 0 aliphatic carbocycles. The normalized spacial score (nSPS) is 11.5. The second-order valence-corrected chi connectivity index (χ2v) is 5.51. The fourth-order valence-electron chi connectivity index (χ4n) is 2.17. The maximum atomic E-state index is 12.7. The second-order valence-electron chi connectivity index (χ2n) is 4.65. The molecule has 0 N–H and O–H groups in total. The standard InChI is InChI=1S/C17H14BrNO2/c1-11-7-8-16(21-2)13(9-11)14(10-19)17(20)12-5-3-4-6-15(12)18/h3-9,14H,1-2H3. The van der Waals surface area contributed by atoms with Crippen LogP contribution < -0.4 is 4.74 Å². The van der Waals surface area contributed by atoms with Crippen molar-refractivity contribution >= 4 is 21.7 Å². The summed E-state index contributed by atoms with van der Waals surface area (Å²) in [6, 6.07) is 14.7. The molecule has 0 bridgehead atoms. The first-order chi connectivity index (χ1) is 10.1. The zero-order valence-corrected chi connectivity index (χ0v) is 13.3. The summed E-state index contributed by atoms with van der Waals surface area (Å²) in [5.74, 6) is -0.583. The number of ketones is 1. The van der Waals surface area contributed by atoms with Crippen LogP contribution >= 0.6 is 15.9 Å². The molecular weight excluding hydrogens is 330 g/mol. The first kappa shape index (κ1) is 15.3. The molecule has 21 heavy (non-hydrogen) atoms. The fraction of sp³-hybridized carbons (Fsp3) is 0.176. The van der Waals surface area contributed by atoms with Gasteiger partial charge in [-0.05, 0) is 19.1 Å². The van der Waals surface area contributed by atoms with E-state index in [0.29, 0.717) is 21.3 Å². The number of hydrogen-bond acceptors (Lipinski definition) is 3. The Labute approximate surface area is 132 Å². The molecule has 2 aromatic carbocycles. The highest BCUT2D eigenvalue weighted by molar-refractivity contribution is 9.10. The van der Waals surface area contributed by atoms with Crippen LogP contribution in [0.3, 0.4) is 0 Å². The van der Waals surface area contributed by atoms with Crippen molar-refractivity contribution in [3.05, 3.63) is 63.6 Å². The van der Waals surface area contributed by atoms with E-state index in [1.54, 1.807) is 24.3 Å². The van der Waals surface area contributed by atoms with Crippen molar-refractivity contribution in [1.29, 1.82) is 5.26 Å². The van der Waals surface area contributed by atoms with E-state index in [-0.39, 0.29) is 5.78 Å². The van der Waals surface area contributed by atoms with Gasteiger partial charge in [0, 0.05) is 15.6 Å². The molecule has 0 spiro atoms. The third kappa shape index (κ3) is 3.14. The van der Waals surface area contributed by atoms with Gasteiger partial charge in [0.25, 0.3) is 0 Å². The predicted molar refractivity (Wildman–Crippen MR) is 84.6 cm³/mol. The Morgan fingerprint density at radius 3 is 2.62 bits per heavy atom. The van der Waals surface area contributed by atoms with E-state index in [9.17, 15) is 10.1 Å². The number of ether oxygens (including phenoxy) is 1. The van der Waals surface area contributed by atoms with Gasteiger partial charge in [-0.1, -0.05) is 51.8 Å². The Kier molecular flexibility index (Phi) is 4.77. The lowest BCUT2D eigenvalue weighted by Gasteiger charge is -2.14. The van der Waals surface area contributed by atoms with Crippen molar-refractivity contribution in [2.75, 3.05) is 7.11 Å². The summed E-state index contributed by atoms with van der Waals surface area (Å²) in [4.78, 5) is 12.7. The van der Waals surface area contributed by atoms with E-state index >= 15 is 0 Å². The van der Waals surface area contributed by atoms with E-state index in [0.717, 1.165) is 5.56 Å². The van der Waals surface area contributed by atoms with Crippen molar-refractivity contribution in [3.63, 3.8) is 0 Å². The summed E-state index contributed by atoms with van der Waals surface area (Å²) in [6.45, 7) is 1.92. The van der Waals surface area contributed by atoms with Gasteiger partial charge in [-0.25, -0.2) is 0 Å². The largest absolute Gasteiger partial charge is 0.496 e. The van der Waals surface area contributed by atoms with Crippen LogP contribution in [0.4, 0.5) is 0 Å². The first-order valence-electron chi connectivity index (χ1n) is 6.41. The van der Waals surface area contributed by atoms with Crippen molar-refractivity contribution < 1.29 is 9.53 Å². The van der Waals surface area contributed by atoms with E-state index in [2.05, 4.69) is 22.0 Å². The highest BCUT2D eigenvalue weighted by Gasteiger charge is 2.26. The molecular formula is C17H14BrNO2. The second kappa shape index (κ2) is 6.55. The summed E-state index contributed by atoms with van der Waals surface area (Å²) in [5, 5.41) is 9.47. The maximum Gasteiger partial charge on any atom is 0.185 e. The third-order valence-electron chi connectivity index (χ3n) is 3.23. The van der Waals surface area contributed by atoms with Crippen LogP contribution in [0.15, 0.2) is 46.9 Å². The van der Waals surface area contributed by atoms with Crippen molar-refractivity contribution in [2.24, 2.45) is 0 Å². The van der Waals surface area contributed by atoms with Gasteiger partial charge in [0.05, 0.1) is 13.2 Å². The first-order valence-corrected chi connectivity index (χ1v) is 7.20. The average molecular weight is 344 g/mol. The van der Waals surface area contributed by atoms with Gasteiger partial charge >= 0.3 is 0 Å². The third-order valence-corrected chi connectivity index (χ3v) is 3.92. The zero-order chi connectivity index (χ0) is 15.4. The lowest BCUT2D eigenvalue weighted by Crippen LogP contribution is -2.13. The smallest absolute Gasteiger partial charge is 0.185 e. The Morgan fingerprint density at radius 1 is 1.29 bits per heavy atom. The average Bonchev–Trinajstić information content (AvgIpc) is 2.48. The summed E-state index contributed by atoms with van der Waals surface area (Å²) in [6.07, 6.45) is 0. The number of benzene rings is 2. The molecule has 2 aromatic rings. The molecule has 0 amide bonds.